The molecule has 0 spiro atoms. The van der Waals surface area contributed by atoms with Crippen molar-refractivity contribution in [1.29, 1.82) is 0 Å². The van der Waals surface area contributed by atoms with Gasteiger partial charge in [-0.05, 0) is 41.9 Å². The average Bonchev–Trinajstić information content (AvgIpc) is 2.59. The van der Waals surface area contributed by atoms with Gasteiger partial charge < -0.3 is 4.74 Å². The van der Waals surface area contributed by atoms with Gasteiger partial charge in [0.05, 0.1) is 6.10 Å². The number of unbranched alkanes of at least 4 members (excludes halogenated alkanes) is 1. The zero-order valence-electron chi connectivity index (χ0n) is 14.5. The molecule has 1 unspecified atom stereocenters. The molecule has 2 aromatic carbocycles. The fourth-order valence-electron chi connectivity index (χ4n) is 2.93. The molecule has 2 aromatic rings. The molecular formula is C22H28O. The van der Waals surface area contributed by atoms with Crippen LogP contribution >= 0.6 is 0 Å². The van der Waals surface area contributed by atoms with Gasteiger partial charge in [-0.2, -0.15) is 0 Å². The third kappa shape index (κ3) is 5.37. The molecule has 0 fully saturated rings. The Morgan fingerprint density at radius 3 is 1.87 bits per heavy atom. The first-order chi connectivity index (χ1) is 11.2. The molecule has 0 heterocycles. The number of allylic oxidation sites excluding steroid dienone is 1. The van der Waals surface area contributed by atoms with Crippen LogP contribution in [0.25, 0.3) is 5.57 Å². The Kier molecular flexibility index (Phi) is 7.09. The van der Waals surface area contributed by atoms with Crippen LogP contribution in [0.2, 0.25) is 0 Å². The second-order valence-electron chi connectivity index (χ2n) is 6.30. The summed E-state index contributed by atoms with van der Waals surface area (Å²) in [6.45, 7) is 4.45. The highest BCUT2D eigenvalue weighted by atomic mass is 16.5. The molecule has 23 heavy (non-hydrogen) atoms. The lowest BCUT2D eigenvalue weighted by molar-refractivity contribution is 0.0568. The maximum absolute atomic E-state index is 5.57. The minimum Gasteiger partial charge on any atom is -0.381 e. The van der Waals surface area contributed by atoms with Crippen LogP contribution in [0.5, 0.6) is 0 Å². The van der Waals surface area contributed by atoms with Crippen molar-refractivity contribution in [3.8, 4) is 0 Å². The van der Waals surface area contributed by atoms with Crippen molar-refractivity contribution in [2.75, 3.05) is 7.11 Å². The lowest BCUT2D eigenvalue weighted by atomic mass is 9.95. The van der Waals surface area contributed by atoms with Crippen LogP contribution < -0.4 is 0 Å². The SMILES string of the molecule is COC(CCCC=C(c1ccccc1)c1ccccc1)C(C)C. The first-order valence-electron chi connectivity index (χ1n) is 8.56. The van der Waals surface area contributed by atoms with Crippen molar-refractivity contribution in [1.82, 2.24) is 0 Å². The maximum atomic E-state index is 5.57. The van der Waals surface area contributed by atoms with Crippen LogP contribution in [-0.4, -0.2) is 13.2 Å². The molecule has 0 radical (unpaired) electrons. The van der Waals surface area contributed by atoms with E-state index in [1.807, 2.05) is 7.11 Å². The second kappa shape index (κ2) is 9.32. The minimum absolute atomic E-state index is 0.361. The van der Waals surface area contributed by atoms with Gasteiger partial charge in [-0.1, -0.05) is 80.6 Å². The molecule has 2 rings (SSSR count). The monoisotopic (exact) mass is 308 g/mol. The van der Waals surface area contributed by atoms with Gasteiger partial charge in [-0.3, -0.25) is 0 Å². The molecule has 1 atom stereocenters. The molecule has 1 heteroatoms. The summed E-state index contributed by atoms with van der Waals surface area (Å²) in [6, 6.07) is 21.3. The number of benzene rings is 2. The third-order valence-corrected chi connectivity index (χ3v) is 4.26. The van der Waals surface area contributed by atoms with E-state index >= 15 is 0 Å². The van der Waals surface area contributed by atoms with Crippen LogP contribution in [-0.2, 0) is 4.74 Å². The van der Waals surface area contributed by atoms with Crippen LogP contribution in [0.4, 0.5) is 0 Å². The molecule has 0 saturated carbocycles. The first-order valence-corrected chi connectivity index (χ1v) is 8.56. The van der Waals surface area contributed by atoms with Crippen LogP contribution in [0.15, 0.2) is 66.7 Å². The van der Waals surface area contributed by atoms with Crippen molar-refractivity contribution in [2.24, 2.45) is 5.92 Å². The smallest absolute Gasteiger partial charge is 0.0594 e. The lowest BCUT2D eigenvalue weighted by Gasteiger charge is -2.18. The number of ether oxygens (including phenoxy) is 1. The van der Waals surface area contributed by atoms with Gasteiger partial charge in [0.25, 0.3) is 0 Å². The van der Waals surface area contributed by atoms with E-state index in [1.165, 1.54) is 16.7 Å². The number of methoxy groups -OCH3 is 1. The fraction of sp³-hybridized carbons (Fsp3) is 0.364. The van der Waals surface area contributed by atoms with E-state index in [2.05, 4.69) is 80.6 Å². The van der Waals surface area contributed by atoms with Crippen molar-refractivity contribution >= 4 is 5.57 Å². The summed E-state index contributed by atoms with van der Waals surface area (Å²) >= 11 is 0. The van der Waals surface area contributed by atoms with Crippen molar-refractivity contribution in [3.05, 3.63) is 77.9 Å². The second-order valence-corrected chi connectivity index (χ2v) is 6.30. The van der Waals surface area contributed by atoms with Crippen LogP contribution in [0, 0.1) is 5.92 Å². The third-order valence-electron chi connectivity index (χ3n) is 4.26. The molecule has 0 N–H and O–H groups in total. The molecule has 0 bridgehead atoms. The van der Waals surface area contributed by atoms with Crippen LogP contribution in [0.1, 0.15) is 44.2 Å². The highest BCUT2D eigenvalue weighted by Gasteiger charge is 2.11. The predicted octanol–water partition coefficient (Wildman–Crippen LogP) is 5.96. The number of hydrogen-bond acceptors (Lipinski definition) is 1. The summed E-state index contributed by atoms with van der Waals surface area (Å²) in [5.74, 6) is 0.576. The topological polar surface area (TPSA) is 9.23 Å². The highest BCUT2D eigenvalue weighted by molar-refractivity contribution is 5.79. The predicted molar refractivity (Wildman–Crippen MR) is 99.4 cm³/mol. The molecule has 1 nitrogen and oxygen atoms in total. The molecule has 0 aromatic heterocycles. The maximum Gasteiger partial charge on any atom is 0.0594 e. The summed E-state index contributed by atoms with van der Waals surface area (Å²) in [5.41, 5.74) is 3.89. The largest absolute Gasteiger partial charge is 0.381 e. The molecule has 0 amide bonds. The van der Waals surface area contributed by atoms with E-state index in [1.54, 1.807) is 0 Å². The van der Waals surface area contributed by atoms with Crippen molar-refractivity contribution < 1.29 is 4.74 Å². The summed E-state index contributed by atoms with van der Waals surface area (Å²) in [6.07, 6.45) is 6.07. The molecule has 0 aliphatic heterocycles. The standard InChI is InChI=1S/C22H28O/c1-18(2)22(23-3)17-11-10-16-21(19-12-6-4-7-13-19)20-14-8-5-9-15-20/h4-9,12-16,18,22H,10-11,17H2,1-3H3. The summed E-state index contributed by atoms with van der Waals surface area (Å²) in [5, 5.41) is 0. The molecule has 0 aliphatic carbocycles. The fourth-order valence-corrected chi connectivity index (χ4v) is 2.93. The Balaban J connectivity index is 2.09. The van der Waals surface area contributed by atoms with Crippen molar-refractivity contribution in [2.45, 2.75) is 39.2 Å². The van der Waals surface area contributed by atoms with E-state index in [0.29, 0.717) is 12.0 Å². The normalized spacial score (nSPS) is 12.2. The van der Waals surface area contributed by atoms with Gasteiger partial charge in [0.1, 0.15) is 0 Å². The Labute approximate surface area is 141 Å². The van der Waals surface area contributed by atoms with Gasteiger partial charge in [0.15, 0.2) is 0 Å². The van der Waals surface area contributed by atoms with Crippen LogP contribution in [0.3, 0.4) is 0 Å². The van der Waals surface area contributed by atoms with E-state index in [-0.39, 0.29) is 0 Å². The molecule has 0 aliphatic rings. The Bertz CT molecular complexity index is 542. The Morgan fingerprint density at radius 1 is 0.913 bits per heavy atom. The van der Waals surface area contributed by atoms with E-state index in [9.17, 15) is 0 Å². The summed E-state index contributed by atoms with van der Waals surface area (Å²) in [4.78, 5) is 0. The zero-order valence-corrected chi connectivity index (χ0v) is 14.5. The van der Waals surface area contributed by atoms with Gasteiger partial charge in [-0.25, -0.2) is 0 Å². The van der Waals surface area contributed by atoms with Gasteiger partial charge in [-0.15, -0.1) is 0 Å². The van der Waals surface area contributed by atoms with E-state index < -0.39 is 0 Å². The number of hydrogen-bond donors (Lipinski definition) is 0. The average molecular weight is 308 g/mol. The van der Waals surface area contributed by atoms with Gasteiger partial charge >= 0.3 is 0 Å². The van der Waals surface area contributed by atoms with Gasteiger partial charge in [0.2, 0.25) is 0 Å². The Morgan fingerprint density at radius 2 is 1.43 bits per heavy atom. The molecule has 122 valence electrons. The first kappa shape index (κ1) is 17.5. The van der Waals surface area contributed by atoms with Gasteiger partial charge in [0, 0.05) is 7.11 Å². The summed E-state index contributed by atoms with van der Waals surface area (Å²) in [7, 11) is 1.82. The highest BCUT2D eigenvalue weighted by Crippen LogP contribution is 2.24. The van der Waals surface area contributed by atoms with E-state index in [0.717, 1.165) is 19.3 Å². The minimum atomic E-state index is 0.361. The van der Waals surface area contributed by atoms with E-state index in [4.69, 9.17) is 4.74 Å². The quantitative estimate of drug-likeness (QED) is 0.547. The molecule has 0 saturated heterocycles. The zero-order chi connectivity index (χ0) is 16.5. The summed E-state index contributed by atoms with van der Waals surface area (Å²) < 4.78 is 5.57. The Hall–Kier alpha value is -1.86. The lowest BCUT2D eigenvalue weighted by Crippen LogP contribution is -2.17. The molecular weight excluding hydrogens is 280 g/mol. The van der Waals surface area contributed by atoms with Crippen molar-refractivity contribution in [3.63, 3.8) is 0 Å². The number of rotatable bonds is 8.